The van der Waals surface area contributed by atoms with Crippen LogP contribution in [0.15, 0.2) is 271 Å². The quantitative estimate of drug-likeness (QED) is 0.0339. The first-order valence-electron chi connectivity index (χ1n) is 38.4. The van der Waals surface area contributed by atoms with Gasteiger partial charge in [0.1, 0.15) is 110 Å². The van der Waals surface area contributed by atoms with E-state index in [1.807, 2.05) is 73.6 Å². The summed E-state index contributed by atoms with van der Waals surface area (Å²) in [4.78, 5) is 38.8. The van der Waals surface area contributed by atoms with Crippen LogP contribution in [0.2, 0.25) is 0 Å². The van der Waals surface area contributed by atoms with Gasteiger partial charge in [-0.25, -0.2) is 78.2 Å². The smallest absolute Gasteiger partial charge is 0.423 e. The van der Waals surface area contributed by atoms with E-state index < -0.39 is 64.3 Å². The molecule has 0 bridgehead atoms. The Hall–Kier alpha value is -13.7. The number of pyridine rings is 4. The lowest BCUT2D eigenvalue weighted by molar-refractivity contribution is 0.00578. The maximum absolute atomic E-state index is 14.0. The Balaban J connectivity index is 0.000000157. The molecule has 0 unspecified atom stereocenters. The van der Waals surface area contributed by atoms with Crippen molar-refractivity contribution in [3.63, 3.8) is 0 Å². The van der Waals surface area contributed by atoms with Crippen LogP contribution in [-0.2, 0) is 9.31 Å². The molecule has 128 heavy (non-hydrogen) atoms. The summed E-state index contributed by atoms with van der Waals surface area (Å²) < 4.78 is 140. The Bertz CT molecular complexity index is 6250. The van der Waals surface area contributed by atoms with Gasteiger partial charge in [0.2, 0.25) is 0 Å². The Kier molecular flexibility index (Phi) is 33.2. The van der Waals surface area contributed by atoms with E-state index in [1.165, 1.54) is 85.6 Å². The lowest BCUT2D eigenvalue weighted by Crippen LogP contribution is -2.41. The van der Waals surface area contributed by atoms with Crippen molar-refractivity contribution >= 4 is 103 Å². The van der Waals surface area contributed by atoms with Crippen LogP contribution < -0.4 is 33.4 Å². The largest absolute Gasteiger partial charge is 0.496 e. The number of hydrogen-bond acceptors (Lipinski definition) is 18. The highest BCUT2D eigenvalue weighted by atomic mass is 79.9. The number of hydrogen-bond donors (Lipinski definition) is 7. The molecule has 17 rings (SSSR count). The number of anilines is 4. The van der Waals surface area contributed by atoms with E-state index >= 15 is 0 Å². The molecule has 656 valence electrons. The highest BCUT2D eigenvalue weighted by Crippen LogP contribution is 2.37. The number of nitrogens with two attached hydrogens (primary N) is 3. The number of carbonyl (C=O) groups excluding carboxylic acids is 2. The number of para-hydroxylation sites is 4. The zero-order valence-electron chi connectivity index (χ0n) is 69.6. The summed E-state index contributed by atoms with van der Waals surface area (Å²) in [7, 11) is -2.08. The third-order valence-corrected chi connectivity index (χ3v) is 20.8. The van der Waals surface area contributed by atoms with Gasteiger partial charge in [-0.3, -0.25) is 14.7 Å². The molecule has 0 aliphatic carbocycles. The van der Waals surface area contributed by atoms with Crippen molar-refractivity contribution in [3.05, 3.63) is 363 Å². The highest BCUT2D eigenvalue weighted by molar-refractivity contribution is 9.10. The van der Waals surface area contributed by atoms with Crippen LogP contribution in [0.4, 0.5) is 62.8 Å². The maximum Gasteiger partial charge on any atom is 0.496 e. The fourth-order valence-electron chi connectivity index (χ4n) is 11.6. The molecule has 0 saturated carbocycles. The fraction of sp³-hybridized carbons (Fsp3) is 0.122. The normalized spacial score (nSPS) is 11.9. The summed E-state index contributed by atoms with van der Waals surface area (Å²) >= 11 is 11.5. The number of aromatic amines is 1. The number of aryl methyl sites for hydroxylation is 5. The zero-order valence-corrected chi connectivity index (χ0v) is 73.5. The van der Waals surface area contributed by atoms with E-state index in [0.29, 0.717) is 51.5 Å². The van der Waals surface area contributed by atoms with E-state index in [4.69, 9.17) is 48.2 Å². The van der Waals surface area contributed by atoms with Gasteiger partial charge in [-0.2, -0.15) is 25.5 Å². The molecule has 1 aliphatic heterocycles. The summed E-state index contributed by atoms with van der Waals surface area (Å²) in [5.74, 6) is -5.06. The van der Waals surface area contributed by atoms with Crippen molar-refractivity contribution in [1.29, 1.82) is 0 Å². The molecule has 0 radical (unpaired) electrons. The molecule has 10 N–H and O–H groups in total. The fourth-order valence-corrected chi connectivity index (χ4v) is 12.2. The minimum atomic E-state index is -1.72. The molecule has 1 saturated heterocycles. The molecule has 0 spiro atoms. The van der Waals surface area contributed by atoms with Crippen LogP contribution in [0.25, 0.3) is 56.1 Å². The van der Waals surface area contributed by atoms with Gasteiger partial charge in [0.05, 0.1) is 49.1 Å². The van der Waals surface area contributed by atoms with Gasteiger partial charge in [-0.15, -0.1) is 0 Å². The molecule has 24 nitrogen and oxygen atoms in total. The molecule has 1 fully saturated rings. The SMILES string of the molecule is CC1(C)OB(c2ccc(N)nc2)OC1(C)C.Cc1[nH]ncc1Br.Cc1nn(-c2ccccc2F)cc1-c1ccc(N)nc1.Cc1nn(-c2ccccc2F)cc1-c1ccc(N)nc1.Cc1nn(-c2ccccc2F)cc1-c1ccc(NC(=O)c2c(F)cccc2F)nc1.Cc1nn(-c2ccccc2F)cc1Br.O=C(Cl)c1c(F)cccc1F.OB(O)c1ccccc1F. The summed E-state index contributed by atoms with van der Waals surface area (Å²) in [6.45, 7) is 17.5. The predicted molar refractivity (Wildman–Crippen MR) is 482 cm³/mol. The van der Waals surface area contributed by atoms with Crippen LogP contribution in [0.5, 0.6) is 0 Å². The lowest BCUT2D eigenvalue weighted by Gasteiger charge is -2.32. The number of benzene rings is 7. The van der Waals surface area contributed by atoms with Crippen molar-refractivity contribution in [3.8, 4) is 56.1 Å². The Morgan fingerprint density at radius 3 is 1.05 bits per heavy atom. The van der Waals surface area contributed by atoms with Gasteiger partial charge in [-0.1, -0.05) is 84.9 Å². The van der Waals surface area contributed by atoms with Crippen LogP contribution in [0.1, 0.15) is 76.9 Å². The van der Waals surface area contributed by atoms with Gasteiger partial charge in [-0.05, 0) is 227 Å². The van der Waals surface area contributed by atoms with Crippen molar-refractivity contribution in [2.45, 2.75) is 73.5 Å². The second-order valence-electron chi connectivity index (χ2n) is 28.7. The van der Waals surface area contributed by atoms with E-state index in [9.17, 15) is 49.1 Å². The van der Waals surface area contributed by atoms with Crippen molar-refractivity contribution < 1.29 is 68.5 Å². The number of nitrogens with one attached hydrogen (secondary N) is 2. The summed E-state index contributed by atoms with van der Waals surface area (Å²) in [6.07, 6.45) is 15.3. The average Bonchev–Trinajstić information content (AvgIpc) is 1.63. The number of H-pyrrole nitrogens is 1. The molecule has 0 atom stereocenters. The van der Waals surface area contributed by atoms with E-state index in [2.05, 4.69) is 87.7 Å². The first-order valence-corrected chi connectivity index (χ1v) is 40.4. The molecule has 7 aromatic carbocycles. The second kappa shape index (κ2) is 44.0. The van der Waals surface area contributed by atoms with Crippen molar-refractivity contribution in [1.82, 2.24) is 69.3 Å². The van der Waals surface area contributed by atoms with Gasteiger partial charge < -0.3 is 41.9 Å². The molecule has 9 aromatic heterocycles. The van der Waals surface area contributed by atoms with Gasteiger partial charge in [0, 0.05) is 99.6 Å². The monoisotopic (exact) mass is 1890 g/mol. The summed E-state index contributed by atoms with van der Waals surface area (Å²) in [6, 6.07) is 51.7. The number of aromatic nitrogens is 14. The summed E-state index contributed by atoms with van der Waals surface area (Å²) in [5, 5.41) is 42.0. The Morgan fingerprint density at radius 1 is 0.422 bits per heavy atom. The molecule has 16 aromatic rings. The summed E-state index contributed by atoms with van der Waals surface area (Å²) in [5.41, 5.74) is 26.3. The molecule has 10 heterocycles. The van der Waals surface area contributed by atoms with E-state index in [-0.39, 0.29) is 47.1 Å². The van der Waals surface area contributed by atoms with Crippen LogP contribution >= 0.6 is 43.5 Å². The highest BCUT2D eigenvalue weighted by Gasteiger charge is 2.52. The number of rotatable bonds is 12. The third kappa shape index (κ3) is 25.4. The lowest BCUT2D eigenvalue weighted by atomic mass is 9.80. The first-order chi connectivity index (χ1) is 60.9. The topological polar surface area (TPSA) is 335 Å². The third-order valence-electron chi connectivity index (χ3n) is 19.1. The van der Waals surface area contributed by atoms with E-state index in [0.717, 1.165) is 95.3 Å². The molecule has 1 amide bonds. The molecule has 38 heteroatoms. The molecular formula is C90H80B2Br2ClF9N18O6. The van der Waals surface area contributed by atoms with Crippen molar-refractivity contribution in [2.75, 3.05) is 22.5 Å². The Labute approximate surface area is 751 Å². The second-order valence-corrected chi connectivity index (χ2v) is 30.7. The standard InChI is InChI=1S/C22H15F3N4O.2C15H13FN4.C11H17BN2O2.C10H8BrFN2.C7H3ClF2O.C6H6BFO2.C4H5BrN2/c1-13-15(12-29(28-13)19-8-3-2-5-16(19)23)14-9-10-20(26-11-14)27-22(30)21-17(24)6-4-7-18(21)25;2*1-10-12(11-6-7-15(17)18-8-11)9-20(19-10)14-5-3-2-4-13(14)16;1-10(2)11(3,4)16-12(15-10)8-5-6-9(13)14-7-8;1-7-8(11)6-14(13-7)10-5-3-2-4-9(10)12;8-7(11)6-4(9)2-1-3-5(6)10;8-6-4-2-1-3-5(6)7(9)10;1-3-4(5)2-6-7-3/h2-12H,1H3,(H,26,27,30);2*2-9H,1H3,(H2,17,18);5-7H,1-4H3,(H2,13,14);2-6H,1H3;1-3H;1-4,9-10H;2H,1H3,(H,6,7). The maximum atomic E-state index is 14.0. The van der Waals surface area contributed by atoms with Gasteiger partial charge in [0.25, 0.3) is 11.1 Å². The number of halogens is 12. The number of nitrogens with zero attached hydrogens (tertiary/aromatic N) is 13. The molecular weight excluding hydrogens is 1820 g/mol. The molecule has 1 aliphatic rings. The Morgan fingerprint density at radius 2 is 0.766 bits per heavy atom. The van der Waals surface area contributed by atoms with Crippen LogP contribution in [-0.4, -0.2) is 116 Å². The average molecular weight is 1900 g/mol. The predicted octanol–water partition coefficient (Wildman–Crippen LogP) is 18.2. The van der Waals surface area contributed by atoms with Gasteiger partial charge in [0.15, 0.2) is 0 Å². The zero-order chi connectivity index (χ0) is 92.8. The number of carbonyl (C=O) groups is 2. The van der Waals surface area contributed by atoms with Crippen LogP contribution in [0, 0.1) is 87.0 Å². The minimum absolute atomic E-state index is 0.0949. The number of amides is 1. The van der Waals surface area contributed by atoms with E-state index in [1.54, 1.807) is 154 Å². The minimum Gasteiger partial charge on any atom is -0.423 e. The number of nitrogen functional groups attached to an aromatic ring is 3. The first kappa shape index (κ1) is 96.5. The van der Waals surface area contributed by atoms with Crippen molar-refractivity contribution in [2.24, 2.45) is 0 Å². The van der Waals surface area contributed by atoms with Gasteiger partial charge >= 0.3 is 14.2 Å². The van der Waals surface area contributed by atoms with Crippen LogP contribution in [0.3, 0.4) is 0 Å².